The number of nitrogen functional groups attached to an aromatic ring is 1. The Kier molecular flexibility index (Phi) is 4.37. The number of nitrogens with zero attached hydrogens (tertiary/aromatic N) is 1. The zero-order valence-corrected chi connectivity index (χ0v) is 12.0. The lowest BCUT2D eigenvalue weighted by atomic mass is 10.0. The number of ether oxygens (including phenoxy) is 1. The molecule has 1 aromatic carbocycles. The lowest BCUT2D eigenvalue weighted by molar-refractivity contribution is -0.140. The van der Waals surface area contributed by atoms with Gasteiger partial charge in [0.05, 0.1) is 13.5 Å². The third-order valence-corrected chi connectivity index (χ3v) is 3.23. The third-order valence-electron chi connectivity index (χ3n) is 3.23. The number of pyridine rings is 1. The predicted octanol–water partition coefficient (Wildman–Crippen LogP) is 1.42. The number of hydrogen-bond donors (Lipinski definition) is 2. The number of esters is 1. The van der Waals surface area contributed by atoms with Crippen molar-refractivity contribution in [3.63, 3.8) is 0 Å². The number of rotatable bonds is 4. The average molecular weight is 287 g/mol. The van der Waals surface area contributed by atoms with Gasteiger partial charge in [0.15, 0.2) is 0 Å². The number of amides is 1. The molecule has 0 aliphatic carbocycles. The summed E-state index contributed by atoms with van der Waals surface area (Å²) >= 11 is 0. The molecule has 0 aliphatic rings. The summed E-state index contributed by atoms with van der Waals surface area (Å²) in [4.78, 5) is 27.4. The van der Waals surface area contributed by atoms with Crippen molar-refractivity contribution < 1.29 is 14.3 Å². The lowest BCUT2D eigenvalue weighted by Crippen LogP contribution is -2.27. The average Bonchev–Trinajstić information content (AvgIpc) is 2.50. The number of nitrogens with one attached hydrogen (secondary N) is 1. The van der Waals surface area contributed by atoms with E-state index in [1.54, 1.807) is 18.3 Å². The number of carbonyl (C=O) groups excluding carboxylic acids is 2. The number of methoxy groups -OCH3 is 1. The van der Waals surface area contributed by atoms with E-state index in [1.807, 2.05) is 13.0 Å². The first-order valence-electron chi connectivity index (χ1n) is 6.53. The van der Waals surface area contributed by atoms with Gasteiger partial charge in [0.25, 0.3) is 5.91 Å². The Labute approximate surface area is 122 Å². The first-order valence-corrected chi connectivity index (χ1v) is 6.53. The quantitative estimate of drug-likeness (QED) is 0.655. The van der Waals surface area contributed by atoms with Crippen molar-refractivity contribution in [3.8, 4) is 0 Å². The van der Waals surface area contributed by atoms with E-state index in [0.29, 0.717) is 11.4 Å². The summed E-state index contributed by atoms with van der Waals surface area (Å²) in [5.74, 6) is -0.709. The maximum absolute atomic E-state index is 12.2. The number of fused-ring (bicyclic) bond motifs is 1. The van der Waals surface area contributed by atoms with Crippen molar-refractivity contribution in [2.45, 2.75) is 13.3 Å². The molecule has 0 unspecified atom stereocenters. The highest BCUT2D eigenvalue weighted by Gasteiger charge is 2.14. The Balaban J connectivity index is 2.28. The number of aromatic nitrogens is 1. The molecule has 21 heavy (non-hydrogen) atoms. The molecule has 3 N–H and O–H groups in total. The van der Waals surface area contributed by atoms with E-state index in [-0.39, 0.29) is 24.8 Å². The van der Waals surface area contributed by atoms with Crippen LogP contribution in [0.2, 0.25) is 0 Å². The molecule has 0 radical (unpaired) electrons. The van der Waals surface area contributed by atoms with Gasteiger partial charge in [0.2, 0.25) is 0 Å². The Morgan fingerprint density at radius 2 is 2.10 bits per heavy atom. The third kappa shape index (κ3) is 3.10. The van der Waals surface area contributed by atoms with Gasteiger partial charge in [-0.3, -0.25) is 14.6 Å². The highest BCUT2D eigenvalue weighted by atomic mass is 16.5. The van der Waals surface area contributed by atoms with Gasteiger partial charge in [0.1, 0.15) is 5.69 Å². The molecular weight excluding hydrogens is 270 g/mol. The molecule has 0 saturated carbocycles. The van der Waals surface area contributed by atoms with Crippen LogP contribution in [-0.4, -0.2) is 30.5 Å². The van der Waals surface area contributed by atoms with Crippen LogP contribution >= 0.6 is 0 Å². The van der Waals surface area contributed by atoms with Crippen LogP contribution in [0.25, 0.3) is 10.8 Å². The minimum atomic E-state index is -0.374. The number of hydrogen-bond acceptors (Lipinski definition) is 5. The van der Waals surface area contributed by atoms with Gasteiger partial charge in [-0.2, -0.15) is 0 Å². The number of nitrogens with two attached hydrogens (primary N) is 1. The first kappa shape index (κ1) is 14.8. The Bertz CT molecular complexity index is 698. The summed E-state index contributed by atoms with van der Waals surface area (Å²) < 4.78 is 4.52. The van der Waals surface area contributed by atoms with Gasteiger partial charge in [-0.1, -0.05) is 6.07 Å². The van der Waals surface area contributed by atoms with Gasteiger partial charge in [-0.15, -0.1) is 0 Å². The Morgan fingerprint density at radius 3 is 2.81 bits per heavy atom. The summed E-state index contributed by atoms with van der Waals surface area (Å²) in [6.07, 6.45) is 1.67. The molecule has 1 heterocycles. The van der Waals surface area contributed by atoms with E-state index in [2.05, 4.69) is 15.0 Å². The van der Waals surface area contributed by atoms with Crippen molar-refractivity contribution in [3.05, 3.63) is 35.7 Å². The number of aryl methyl sites for hydroxylation is 1. The Morgan fingerprint density at radius 1 is 1.33 bits per heavy atom. The number of benzene rings is 1. The lowest BCUT2D eigenvalue weighted by Gasteiger charge is -2.10. The predicted molar refractivity (Wildman–Crippen MR) is 79.9 cm³/mol. The van der Waals surface area contributed by atoms with Crippen LogP contribution in [-0.2, 0) is 9.53 Å². The smallest absolute Gasteiger partial charge is 0.307 e. The van der Waals surface area contributed by atoms with Gasteiger partial charge >= 0.3 is 5.97 Å². The molecule has 110 valence electrons. The molecule has 6 heteroatoms. The molecule has 0 atom stereocenters. The van der Waals surface area contributed by atoms with E-state index < -0.39 is 0 Å². The molecule has 1 aromatic heterocycles. The SMILES string of the molecule is COC(=O)CCNC(=O)c1nccc2c(N)ccc(C)c12. The van der Waals surface area contributed by atoms with Gasteiger partial charge < -0.3 is 15.8 Å². The highest BCUT2D eigenvalue weighted by Crippen LogP contribution is 2.26. The van der Waals surface area contributed by atoms with Crippen LogP contribution in [0.5, 0.6) is 0 Å². The second kappa shape index (κ2) is 6.21. The zero-order chi connectivity index (χ0) is 15.4. The normalized spacial score (nSPS) is 10.4. The largest absolute Gasteiger partial charge is 0.469 e. The standard InChI is InChI=1S/C15H17N3O3/c1-9-3-4-11(16)10-5-7-17-14(13(9)10)15(20)18-8-6-12(19)21-2/h3-5,7H,6,8,16H2,1-2H3,(H,18,20). The highest BCUT2D eigenvalue weighted by molar-refractivity contribution is 6.09. The van der Waals surface area contributed by atoms with Crippen LogP contribution in [0.1, 0.15) is 22.5 Å². The molecule has 6 nitrogen and oxygen atoms in total. The fraction of sp³-hybridized carbons (Fsp3) is 0.267. The first-order chi connectivity index (χ1) is 10.0. The van der Waals surface area contributed by atoms with Crippen molar-refractivity contribution >= 4 is 28.3 Å². The van der Waals surface area contributed by atoms with Crippen LogP contribution in [0.15, 0.2) is 24.4 Å². The van der Waals surface area contributed by atoms with Crippen LogP contribution in [0.4, 0.5) is 5.69 Å². The van der Waals surface area contributed by atoms with E-state index in [4.69, 9.17) is 5.73 Å². The second-order valence-corrected chi connectivity index (χ2v) is 4.64. The Hall–Kier alpha value is -2.63. The molecule has 0 spiro atoms. The van der Waals surface area contributed by atoms with Crippen LogP contribution in [0, 0.1) is 6.92 Å². The molecule has 2 rings (SSSR count). The van der Waals surface area contributed by atoms with Crippen molar-refractivity contribution in [1.82, 2.24) is 10.3 Å². The van der Waals surface area contributed by atoms with Crippen LogP contribution in [0.3, 0.4) is 0 Å². The molecule has 0 fully saturated rings. The number of carbonyl (C=O) groups is 2. The van der Waals surface area contributed by atoms with Gasteiger partial charge in [0, 0.05) is 29.2 Å². The summed E-state index contributed by atoms with van der Waals surface area (Å²) in [5.41, 5.74) is 7.76. The molecule has 0 aliphatic heterocycles. The van der Waals surface area contributed by atoms with E-state index >= 15 is 0 Å². The molecule has 0 saturated heterocycles. The molecular formula is C15H17N3O3. The summed E-state index contributed by atoms with van der Waals surface area (Å²) in [6.45, 7) is 2.10. The molecule has 0 bridgehead atoms. The number of anilines is 1. The summed E-state index contributed by atoms with van der Waals surface area (Å²) in [5, 5.41) is 4.18. The van der Waals surface area contributed by atoms with Crippen molar-refractivity contribution in [2.75, 3.05) is 19.4 Å². The monoisotopic (exact) mass is 287 g/mol. The molecule has 2 aromatic rings. The van der Waals surface area contributed by atoms with Crippen molar-refractivity contribution in [1.29, 1.82) is 0 Å². The maximum atomic E-state index is 12.2. The minimum Gasteiger partial charge on any atom is -0.469 e. The van der Waals surface area contributed by atoms with E-state index in [9.17, 15) is 9.59 Å². The van der Waals surface area contributed by atoms with E-state index in [0.717, 1.165) is 16.3 Å². The van der Waals surface area contributed by atoms with Crippen molar-refractivity contribution in [2.24, 2.45) is 0 Å². The van der Waals surface area contributed by atoms with Crippen LogP contribution < -0.4 is 11.1 Å². The summed E-state index contributed by atoms with van der Waals surface area (Å²) in [7, 11) is 1.31. The molecule has 1 amide bonds. The summed E-state index contributed by atoms with van der Waals surface area (Å²) in [6, 6.07) is 5.43. The second-order valence-electron chi connectivity index (χ2n) is 4.64. The minimum absolute atomic E-state index is 0.119. The van der Waals surface area contributed by atoms with Gasteiger partial charge in [-0.05, 0) is 24.6 Å². The fourth-order valence-electron chi connectivity index (χ4n) is 2.13. The maximum Gasteiger partial charge on any atom is 0.307 e. The topological polar surface area (TPSA) is 94.3 Å². The zero-order valence-electron chi connectivity index (χ0n) is 12.0. The van der Waals surface area contributed by atoms with E-state index in [1.165, 1.54) is 7.11 Å². The fourth-order valence-corrected chi connectivity index (χ4v) is 2.13. The van der Waals surface area contributed by atoms with Gasteiger partial charge in [-0.25, -0.2) is 0 Å².